The minimum atomic E-state index is -0.222. The van der Waals surface area contributed by atoms with Crippen molar-refractivity contribution in [2.45, 2.75) is 26.7 Å². The highest BCUT2D eigenvalue weighted by Gasteiger charge is 2.27. The third-order valence-corrected chi connectivity index (χ3v) is 2.76. The summed E-state index contributed by atoms with van der Waals surface area (Å²) in [7, 11) is 0. The second-order valence-corrected chi connectivity index (χ2v) is 3.57. The Morgan fingerprint density at radius 2 is 1.73 bits per heavy atom. The van der Waals surface area contributed by atoms with Crippen LogP contribution in [0.15, 0.2) is 29.8 Å². The number of allylic oxidation sites excluding steroid dienone is 1. The predicted molar refractivity (Wildman–Crippen MR) is 59.4 cm³/mol. The second-order valence-electron chi connectivity index (χ2n) is 3.57. The van der Waals surface area contributed by atoms with Crippen LogP contribution >= 0.6 is 0 Å². The smallest absolute Gasteiger partial charge is 0.344 e. The van der Waals surface area contributed by atoms with Gasteiger partial charge in [-0.3, -0.25) is 0 Å². The van der Waals surface area contributed by atoms with Gasteiger partial charge in [0, 0.05) is 5.56 Å². The molecular formula is C13H14O2. The van der Waals surface area contributed by atoms with Gasteiger partial charge in [-0.15, -0.1) is 0 Å². The van der Waals surface area contributed by atoms with Crippen molar-refractivity contribution in [3.05, 3.63) is 41.0 Å². The van der Waals surface area contributed by atoms with Gasteiger partial charge in [0.1, 0.15) is 5.76 Å². The molecule has 1 aromatic rings. The molecule has 0 saturated carbocycles. The second kappa shape index (κ2) is 3.89. The number of ether oxygens (including phenoxy) is 1. The minimum absolute atomic E-state index is 0.222. The van der Waals surface area contributed by atoms with E-state index >= 15 is 0 Å². The fourth-order valence-electron chi connectivity index (χ4n) is 1.90. The number of esters is 1. The van der Waals surface area contributed by atoms with Crippen molar-refractivity contribution in [3.63, 3.8) is 0 Å². The molecule has 0 unspecified atom stereocenters. The highest BCUT2D eigenvalue weighted by molar-refractivity contribution is 6.03. The van der Waals surface area contributed by atoms with E-state index in [1.807, 2.05) is 24.3 Å². The maximum atomic E-state index is 11.6. The van der Waals surface area contributed by atoms with Gasteiger partial charge in [0.05, 0.1) is 5.56 Å². The first-order valence-corrected chi connectivity index (χ1v) is 5.31. The summed E-state index contributed by atoms with van der Waals surface area (Å²) in [5.41, 5.74) is 2.83. The van der Waals surface area contributed by atoms with Crippen LogP contribution < -0.4 is 0 Å². The summed E-state index contributed by atoms with van der Waals surface area (Å²) >= 11 is 0. The van der Waals surface area contributed by atoms with Crippen molar-refractivity contribution in [1.82, 2.24) is 0 Å². The van der Waals surface area contributed by atoms with Crippen molar-refractivity contribution < 1.29 is 9.53 Å². The quantitative estimate of drug-likeness (QED) is 0.687. The predicted octanol–water partition coefficient (Wildman–Crippen LogP) is 3.39. The van der Waals surface area contributed by atoms with Gasteiger partial charge >= 0.3 is 5.97 Å². The van der Waals surface area contributed by atoms with Gasteiger partial charge in [0.25, 0.3) is 0 Å². The van der Waals surface area contributed by atoms with Crippen molar-refractivity contribution in [2.24, 2.45) is 0 Å². The Morgan fingerprint density at radius 3 is 2.33 bits per heavy atom. The van der Waals surface area contributed by atoms with E-state index < -0.39 is 0 Å². The van der Waals surface area contributed by atoms with E-state index in [-0.39, 0.29) is 5.97 Å². The van der Waals surface area contributed by atoms with Gasteiger partial charge in [-0.25, -0.2) is 4.79 Å². The molecule has 1 aliphatic heterocycles. The van der Waals surface area contributed by atoms with E-state index in [4.69, 9.17) is 4.74 Å². The molecule has 0 bridgehead atoms. The summed E-state index contributed by atoms with van der Waals surface area (Å²) in [5.74, 6) is 0.556. The molecule has 1 heterocycles. The summed E-state index contributed by atoms with van der Waals surface area (Å²) in [5, 5.41) is 0. The molecule has 2 rings (SSSR count). The van der Waals surface area contributed by atoms with Crippen LogP contribution in [0.25, 0.3) is 5.76 Å². The standard InChI is InChI=1S/C13H14O2/c1-3-9(4-2)12-10-7-5-6-8-11(10)13(14)15-12/h5-8H,3-4H2,1-2H3. The number of hydrogen-bond acceptors (Lipinski definition) is 2. The van der Waals surface area contributed by atoms with Crippen molar-refractivity contribution >= 4 is 11.7 Å². The molecule has 2 heteroatoms. The van der Waals surface area contributed by atoms with Crippen LogP contribution in [0.4, 0.5) is 0 Å². The molecule has 0 aromatic heterocycles. The number of carbonyl (C=O) groups excluding carboxylic acids is 1. The van der Waals surface area contributed by atoms with Crippen LogP contribution in [0.5, 0.6) is 0 Å². The zero-order chi connectivity index (χ0) is 10.8. The summed E-state index contributed by atoms with van der Waals surface area (Å²) in [6.45, 7) is 4.17. The Bertz CT molecular complexity index is 424. The summed E-state index contributed by atoms with van der Waals surface area (Å²) in [6, 6.07) is 7.55. The van der Waals surface area contributed by atoms with E-state index in [1.165, 1.54) is 5.57 Å². The van der Waals surface area contributed by atoms with Gasteiger partial charge in [0.2, 0.25) is 0 Å². The molecule has 1 aromatic carbocycles. The molecular weight excluding hydrogens is 188 g/mol. The number of benzene rings is 1. The van der Waals surface area contributed by atoms with Crippen molar-refractivity contribution in [1.29, 1.82) is 0 Å². The summed E-state index contributed by atoms with van der Waals surface area (Å²) < 4.78 is 5.32. The van der Waals surface area contributed by atoms with Gasteiger partial charge in [0.15, 0.2) is 0 Å². The molecule has 0 spiro atoms. The molecule has 0 fully saturated rings. The number of carbonyl (C=O) groups is 1. The molecule has 15 heavy (non-hydrogen) atoms. The van der Waals surface area contributed by atoms with Crippen LogP contribution in [-0.4, -0.2) is 5.97 Å². The molecule has 0 amide bonds. The molecule has 2 nitrogen and oxygen atoms in total. The Kier molecular flexibility index (Phi) is 2.58. The first kappa shape index (κ1) is 9.97. The van der Waals surface area contributed by atoms with E-state index in [2.05, 4.69) is 13.8 Å². The minimum Gasteiger partial charge on any atom is -0.422 e. The van der Waals surface area contributed by atoms with E-state index in [9.17, 15) is 4.79 Å². The van der Waals surface area contributed by atoms with Gasteiger partial charge < -0.3 is 4.74 Å². The Balaban J connectivity index is 2.58. The third kappa shape index (κ3) is 1.56. The Morgan fingerprint density at radius 1 is 1.13 bits per heavy atom. The first-order valence-electron chi connectivity index (χ1n) is 5.31. The van der Waals surface area contributed by atoms with Crippen LogP contribution in [0.2, 0.25) is 0 Å². The monoisotopic (exact) mass is 202 g/mol. The average molecular weight is 202 g/mol. The van der Waals surface area contributed by atoms with Gasteiger partial charge in [-0.2, -0.15) is 0 Å². The molecule has 78 valence electrons. The van der Waals surface area contributed by atoms with Crippen LogP contribution in [0, 0.1) is 0 Å². The average Bonchev–Trinajstić information content (AvgIpc) is 2.60. The SMILES string of the molecule is CCC(CC)=C1OC(=O)c2ccccc21. The fraction of sp³-hybridized carbons (Fsp3) is 0.308. The highest BCUT2D eigenvalue weighted by Crippen LogP contribution is 2.33. The first-order chi connectivity index (χ1) is 7.27. The highest BCUT2D eigenvalue weighted by atomic mass is 16.5. The van der Waals surface area contributed by atoms with E-state index in [0.29, 0.717) is 5.56 Å². The lowest BCUT2D eigenvalue weighted by molar-refractivity contribution is 0.0714. The number of fused-ring (bicyclic) bond motifs is 1. The molecule has 0 atom stereocenters. The zero-order valence-electron chi connectivity index (χ0n) is 9.04. The summed E-state index contributed by atoms with van der Waals surface area (Å²) in [6.07, 6.45) is 1.85. The third-order valence-electron chi connectivity index (χ3n) is 2.76. The van der Waals surface area contributed by atoms with Crippen LogP contribution in [-0.2, 0) is 4.74 Å². The lowest BCUT2D eigenvalue weighted by Gasteiger charge is -2.05. The van der Waals surface area contributed by atoms with Crippen molar-refractivity contribution in [2.75, 3.05) is 0 Å². The molecule has 0 radical (unpaired) electrons. The fourth-order valence-corrected chi connectivity index (χ4v) is 1.90. The van der Waals surface area contributed by atoms with Crippen molar-refractivity contribution in [3.8, 4) is 0 Å². The topological polar surface area (TPSA) is 26.3 Å². The molecule has 0 saturated heterocycles. The number of rotatable bonds is 2. The molecule has 1 aliphatic rings. The van der Waals surface area contributed by atoms with Crippen LogP contribution in [0.3, 0.4) is 0 Å². The lowest BCUT2D eigenvalue weighted by atomic mass is 10.0. The normalized spacial score (nSPS) is 13.7. The number of hydrogen-bond donors (Lipinski definition) is 0. The largest absolute Gasteiger partial charge is 0.422 e. The number of cyclic esters (lactones) is 1. The van der Waals surface area contributed by atoms with Crippen LogP contribution in [0.1, 0.15) is 42.6 Å². The lowest BCUT2D eigenvalue weighted by Crippen LogP contribution is -1.93. The Labute approximate surface area is 89.6 Å². The molecule has 0 aliphatic carbocycles. The van der Waals surface area contributed by atoms with E-state index in [1.54, 1.807) is 0 Å². The van der Waals surface area contributed by atoms with Gasteiger partial charge in [-0.1, -0.05) is 32.0 Å². The van der Waals surface area contributed by atoms with Gasteiger partial charge in [-0.05, 0) is 24.5 Å². The maximum absolute atomic E-state index is 11.6. The van der Waals surface area contributed by atoms with E-state index in [0.717, 1.165) is 24.2 Å². The Hall–Kier alpha value is -1.57. The molecule has 0 N–H and O–H groups in total. The zero-order valence-corrected chi connectivity index (χ0v) is 9.04. The maximum Gasteiger partial charge on any atom is 0.344 e. The summed E-state index contributed by atoms with van der Waals surface area (Å²) in [4.78, 5) is 11.6.